The molecule has 6 aromatic carbocycles. The Morgan fingerprint density at radius 2 is 1.43 bits per heavy atom. The lowest BCUT2D eigenvalue weighted by molar-refractivity contribution is 0.775. The van der Waals surface area contributed by atoms with Gasteiger partial charge in [-0.3, -0.25) is 4.99 Å². The number of hydrogen-bond donors (Lipinski definition) is 0. The zero-order valence-electron chi connectivity index (χ0n) is 24.3. The maximum absolute atomic E-state index is 5.13. The van der Waals surface area contributed by atoms with E-state index in [0.717, 1.165) is 30.7 Å². The molecule has 1 heterocycles. The quantitative estimate of drug-likeness (QED) is 0.204. The molecule has 1 unspecified atom stereocenters. The maximum Gasteiger partial charge on any atom is 0.0719 e. The van der Waals surface area contributed by atoms with Crippen LogP contribution in [0.1, 0.15) is 56.5 Å². The van der Waals surface area contributed by atoms with Gasteiger partial charge in [-0.25, -0.2) is 0 Å². The van der Waals surface area contributed by atoms with Gasteiger partial charge in [0.1, 0.15) is 0 Å². The number of allylic oxidation sites excluding steroid dienone is 3. The summed E-state index contributed by atoms with van der Waals surface area (Å²) in [5.74, 6) is 0. The molecular weight excluding hydrogens is 530 g/mol. The van der Waals surface area contributed by atoms with Gasteiger partial charge in [0, 0.05) is 6.42 Å². The Kier molecular flexibility index (Phi) is 4.88. The predicted octanol–water partition coefficient (Wildman–Crippen LogP) is 10.2. The van der Waals surface area contributed by atoms with Crippen LogP contribution in [0.4, 0.5) is 5.69 Å². The van der Waals surface area contributed by atoms with Crippen molar-refractivity contribution < 1.29 is 0 Å². The molecule has 1 heteroatoms. The molecule has 0 N–H and O–H groups in total. The molecular formula is C43H29N. The minimum atomic E-state index is -0.477. The van der Waals surface area contributed by atoms with Gasteiger partial charge >= 0.3 is 0 Å². The molecule has 3 aliphatic carbocycles. The molecule has 0 bridgehead atoms. The van der Waals surface area contributed by atoms with Crippen LogP contribution in [0.5, 0.6) is 0 Å². The lowest BCUT2D eigenvalue weighted by Gasteiger charge is -2.37. The van der Waals surface area contributed by atoms with Crippen molar-refractivity contribution in [3.63, 3.8) is 0 Å². The van der Waals surface area contributed by atoms with Crippen molar-refractivity contribution in [2.45, 2.75) is 24.7 Å². The zero-order chi connectivity index (χ0) is 28.8. The van der Waals surface area contributed by atoms with E-state index in [1.807, 2.05) is 0 Å². The van der Waals surface area contributed by atoms with Crippen LogP contribution in [-0.2, 0) is 18.3 Å². The molecule has 4 aliphatic rings. The smallest absolute Gasteiger partial charge is 0.0719 e. The van der Waals surface area contributed by atoms with Crippen molar-refractivity contribution in [3.05, 3.63) is 184 Å². The summed E-state index contributed by atoms with van der Waals surface area (Å²) >= 11 is 0. The Hall–Kier alpha value is -5.27. The van der Waals surface area contributed by atoms with E-state index in [1.54, 1.807) is 0 Å². The minimum absolute atomic E-state index is 0.477. The van der Waals surface area contributed by atoms with E-state index in [9.17, 15) is 0 Å². The number of aliphatic imine (C=N–C) groups is 1. The summed E-state index contributed by atoms with van der Waals surface area (Å²) in [7, 11) is 0. The molecule has 1 nitrogen and oxygen atoms in total. The van der Waals surface area contributed by atoms with Gasteiger partial charge in [0.05, 0.1) is 16.8 Å². The summed E-state index contributed by atoms with van der Waals surface area (Å²) in [5, 5.41) is 2.81. The Morgan fingerprint density at radius 1 is 0.614 bits per heavy atom. The Labute approximate surface area is 257 Å². The van der Waals surface area contributed by atoms with Gasteiger partial charge in [-0.15, -0.1) is 0 Å². The van der Waals surface area contributed by atoms with Gasteiger partial charge in [-0.1, -0.05) is 121 Å². The minimum Gasteiger partial charge on any atom is -0.252 e. The zero-order valence-corrected chi connectivity index (χ0v) is 24.3. The van der Waals surface area contributed by atoms with Crippen molar-refractivity contribution in [2.75, 3.05) is 0 Å². The van der Waals surface area contributed by atoms with Gasteiger partial charge in [0.25, 0.3) is 0 Å². The highest BCUT2D eigenvalue weighted by atomic mass is 14.8. The second-order valence-electron chi connectivity index (χ2n) is 12.6. The van der Waals surface area contributed by atoms with Crippen LogP contribution in [0.3, 0.4) is 0 Å². The first kappa shape index (κ1) is 24.2. The molecule has 1 atom stereocenters. The molecule has 10 rings (SSSR count). The Morgan fingerprint density at radius 3 is 2.36 bits per heavy atom. The number of rotatable bonds is 3. The van der Waals surface area contributed by atoms with Gasteiger partial charge in [-0.05, 0) is 109 Å². The Bertz CT molecular complexity index is 2300. The van der Waals surface area contributed by atoms with Gasteiger partial charge < -0.3 is 0 Å². The summed E-state index contributed by atoms with van der Waals surface area (Å²) in [6.45, 7) is 0. The van der Waals surface area contributed by atoms with Crippen molar-refractivity contribution in [2.24, 2.45) is 4.99 Å². The second-order valence-corrected chi connectivity index (χ2v) is 12.6. The highest BCUT2D eigenvalue weighted by molar-refractivity contribution is 6.09. The molecule has 0 saturated carbocycles. The van der Waals surface area contributed by atoms with Crippen molar-refractivity contribution in [1.82, 2.24) is 0 Å². The normalized spacial score (nSPS) is 18.5. The fraction of sp³-hybridized carbons (Fsp3) is 0.0930. The number of benzene rings is 6. The largest absolute Gasteiger partial charge is 0.252 e. The fourth-order valence-corrected chi connectivity index (χ4v) is 8.57. The van der Waals surface area contributed by atoms with Crippen LogP contribution in [-0.4, -0.2) is 5.71 Å². The molecule has 1 aliphatic heterocycles. The third-order valence-corrected chi connectivity index (χ3v) is 10.4. The summed E-state index contributed by atoms with van der Waals surface area (Å²) in [6.07, 6.45) is 10.0. The molecule has 0 amide bonds. The first-order valence-electron chi connectivity index (χ1n) is 15.7. The first-order chi connectivity index (χ1) is 21.8. The lowest BCUT2D eigenvalue weighted by Crippen LogP contribution is -2.29. The summed E-state index contributed by atoms with van der Waals surface area (Å²) < 4.78 is 0. The highest BCUT2D eigenvalue weighted by Gasteiger charge is 2.47. The van der Waals surface area contributed by atoms with Gasteiger partial charge in [0.15, 0.2) is 0 Å². The second kappa shape index (κ2) is 8.88. The SMILES string of the molecule is C1=Cc2cc(C3(c4ccccc4)c4ccccc4-c4ccc(C5=Nc6ccccc6C5)cc43)c3cccc4c3c2C(=CC4)C1. The molecule has 0 spiro atoms. The van der Waals surface area contributed by atoms with E-state index in [-0.39, 0.29) is 0 Å². The molecule has 44 heavy (non-hydrogen) atoms. The average molecular weight is 560 g/mol. The molecule has 0 fully saturated rings. The summed E-state index contributed by atoms with van der Waals surface area (Å²) in [4.78, 5) is 5.13. The molecule has 0 aromatic heterocycles. The summed E-state index contributed by atoms with van der Waals surface area (Å²) in [6, 6.07) is 45.5. The van der Waals surface area contributed by atoms with E-state index >= 15 is 0 Å². The maximum atomic E-state index is 5.13. The Balaban J connectivity index is 1.34. The number of hydrogen-bond acceptors (Lipinski definition) is 1. The van der Waals surface area contributed by atoms with Crippen molar-refractivity contribution >= 4 is 33.8 Å². The van der Waals surface area contributed by atoms with E-state index in [4.69, 9.17) is 4.99 Å². The number of nitrogens with zero attached hydrogens (tertiary/aromatic N) is 1. The standard InChI is InChI=1S/C43H29N/c1-2-14-32(15-3-1)43(38-25-31-13-8-11-27-20-21-28-12-9-17-35(38)42(28)41(27)31)36-18-6-5-16-33(36)34-23-22-30(24-37(34)43)40-26-29-10-4-7-19-39(29)44-40/h1-10,12-20,22-25H,11,21,26H2. The highest BCUT2D eigenvalue weighted by Crippen LogP contribution is 2.58. The van der Waals surface area contributed by atoms with Gasteiger partial charge in [0.2, 0.25) is 0 Å². The van der Waals surface area contributed by atoms with Crippen molar-refractivity contribution in [3.8, 4) is 11.1 Å². The molecule has 6 aromatic rings. The van der Waals surface area contributed by atoms with E-state index in [2.05, 4.69) is 140 Å². The molecule has 0 radical (unpaired) electrons. The fourth-order valence-electron chi connectivity index (χ4n) is 8.57. The molecule has 0 saturated heterocycles. The number of fused-ring (bicyclic) bond motifs is 4. The van der Waals surface area contributed by atoms with E-state index in [0.29, 0.717) is 0 Å². The third-order valence-electron chi connectivity index (χ3n) is 10.4. The van der Waals surface area contributed by atoms with E-state index in [1.165, 1.54) is 77.5 Å². The van der Waals surface area contributed by atoms with Crippen LogP contribution in [0.15, 0.2) is 138 Å². The lowest BCUT2D eigenvalue weighted by atomic mass is 9.64. The van der Waals surface area contributed by atoms with Crippen LogP contribution in [0.25, 0.3) is 33.5 Å². The van der Waals surface area contributed by atoms with Crippen LogP contribution < -0.4 is 0 Å². The topological polar surface area (TPSA) is 12.4 Å². The van der Waals surface area contributed by atoms with Crippen LogP contribution >= 0.6 is 0 Å². The monoisotopic (exact) mass is 559 g/mol. The molecule has 206 valence electrons. The van der Waals surface area contributed by atoms with Crippen LogP contribution in [0.2, 0.25) is 0 Å². The average Bonchev–Trinajstić information content (AvgIpc) is 3.65. The van der Waals surface area contributed by atoms with Gasteiger partial charge in [-0.2, -0.15) is 0 Å². The first-order valence-corrected chi connectivity index (χ1v) is 15.7. The van der Waals surface area contributed by atoms with E-state index < -0.39 is 5.41 Å². The van der Waals surface area contributed by atoms with Crippen LogP contribution in [0, 0.1) is 0 Å². The summed E-state index contributed by atoms with van der Waals surface area (Å²) in [5.41, 5.74) is 18.0. The number of para-hydroxylation sites is 1. The van der Waals surface area contributed by atoms with Crippen molar-refractivity contribution in [1.29, 1.82) is 0 Å². The predicted molar refractivity (Wildman–Crippen MR) is 183 cm³/mol. The third kappa shape index (κ3) is 3.11.